The van der Waals surface area contributed by atoms with Crippen LogP contribution in [0.1, 0.15) is 0 Å². The molecule has 1 aromatic carbocycles. The second kappa shape index (κ2) is 13.3. The number of ether oxygens (including phenoxy) is 5. The highest BCUT2D eigenvalue weighted by Crippen LogP contribution is 2.07. The molecule has 0 aliphatic rings. The van der Waals surface area contributed by atoms with Gasteiger partial charge in [0.2, 0.25) is 0 Å². The summed E-state index contributed by atoms with van der Waals surface area (Å²) in [4.78, 5) is 0. The predicted molar refractivity (Wildman–Crippen MR) is 86.1 cm³/mol. The molecule has 0 fully saturated rings. The highest BCUT2D eigenvalue weighted by Gasteiger charge is 2.09. The van der Waals surface area contributed by atoms with Crippen LogP contribution in [0.2, 0.25) is 0 Å². The van der Waals surface area contributed by atoms with E-state index >= 15 is 0 Å². The standard InChI is InChI=1S/C15H25BO7/c1-19-6-7-20-8-9-21-10-11-22-12-13-23-15-4-2-14(3-5-15)16(17)18/h2-5,17-18H,6-13H2,1H3. The van der Waals surface area contributed by atoms with Crippen LogP contribution in [0.5, 0.6) is 5.75 Å². The van der Waals surface area contributed by atoms with Gasteiger partial charge in [-0.1, -0.05) is 12.1 Å². The Labute approximate surface area is 137 Å². The molecule has 23 heavy (non-hydrogen) atoms. The van der Waals surface area contributed by atoms with E-state index in [1.54, 1.807) is 31.4 Å². The lowest BCUT2D eigenvalue weighted by Gasteiger charge is -2.08. The summed E-state index contributed by atoms with van der Waals surface area (Å²) in [6, 6.07) is 6.57. The Morgan fingerprint density at radius 3 is 1.70 bits per heavy atom. The van der Waals surface area contributed by atoms with Crippen LogP contribution in [0.15, 0.2) is 24.3 Å². The van der Waals surface area contributed by atoms with Gasteiger partial charge in [0.15, 0.2) is 0 Å². The van der Waals surface area contributed by atoms with Crippen molar-refractivity contribution in [1.82, 2.24) is 0 Å². The molecular weight excluding hydrogens is 303 g/mol. The van der Waals surface area contributed by atoms with Crippen molar-refractivity contribution in [3.8, 4) is 5.75 Å². The van der Waals surface area contributed by atoms with Gasteiger partial charge in [0.05, 0.1) is 46.2 Å². The predicted octanol–water partition coefficient (Wildman–Crippen LogP) is -0.559. The third-order valence-corrected chi connectivity index (χ3v) is 2.85. The Kier molecular flexibility index (Phi) is 11.5. The third kappa shape index (κ3) is 10.3. The SMILES string of the molecule is COCCOCCOCCOCCOc1ccc(B(O)O)cc1. The van der Waals surface area contributed by atoms with Crippen molar-refractivity contribution in [2.75, 3.05) is 60.0 Å². The molecule has 0 saturated carbocycles. The first-order chi connectivity index (χ1) is 11.2. The number of benzene rings is 1. The normalized spacial score (nSPS) is 10.7. The van der Waals surface area contributed by atoms with Gasteiger partial charge in [-0.25, -0.2) is 0 Å². The van der Waals surface area contributed by atoms with Crippen LogP contribution < -0.4 is 10.2 Å². The van der Waals surface area contributed by atoms with E-state index in [0.29, 0.717) is 64.1 Å². The van der Waals surface area contributed by atoms with Crippen LogP contribution >= 0.6 is 0 Å². The molecule has 1 rings (SSSR count). The molecule has 0 saturated heterocycles. The van der Waals surface area contributed by atoms with Gasteiger partial charge in [-0.05, 0) is 17.6 Å². The van der Waals surface area contributed by atoms with E-state index in [-0.39, 0.29) is 0 Å². The van der Waals surface area contributed by atoms with E-state index < -0.39 is 7.12 Å². The van der Waals surface area contributed by atoms with Gasteiger partial charge < -0.3 is 33.7 Å². The maximum atomic E-state index is 8.97. The van der Waals surface area contributed by atoms with E-state index in [0.717, 1.165) is 0 Å². The maximum Gasteiger partial charge on any atom is 0.488 e. The smallest absolute Gasteiger partial charge is 0.488 e. The maximum absolute atomic E-state index is 8.97. The van der Waals surface area contributed by atoms with Crippen LogP contribution in [0, 0.1) is 0 Å². The molecule has 2 N–H and O–H groups in total. The molecule has 0 aliphatic heterocycles. The van der Waals surface area contributed by atoms with Crippen LogP contribution in [0.25, 0.3) is 0 Å². The first-order valence-corrected chi connectivity index (χ1v) is 7.55. The summed E-state index contributed by atoms with van der Waals surface area (Å²) in [5.41, 5.74) is 0.428. The van der Waals surface area contributed by atoms with E-state index in [9.17, 15) is 0 Å². The van der Waals surface area contributed by atoms with Crippen molar-refractivity contribution in [2.45, 2.75) is 0 Å². The fraction of sp³-hybridized carbons (Fsp3) is 0.600. The highest BCUT2D eigenvalue weighted by atomic mass is 16.6. The summed E-state index contributed by atoms with van der Waals surface area (Å²) in [5, 5.41) is 17.9. The molecule has 8 heteroatoms. The van der Waals surface area contributed by atoms with Crippen molar-refractivity contribution in [2.24, 2.45) is 0 Å². The zero-order valence-corrected chi connectivity index (χ0v) is 13.5. The molecule has 7 nitrogen and oxygen atoms in total. The second-order valence-corrected chi connectivity index (χ2v) is 4.62. The lowest BCUT2D eigenvalue weighted by molar-refractivity contribution is 0.000164. The molecule has 0 aliphatic carbocycles. The zero-order valence-electron chi connectivity index (χ0n) is 13.5. The van der Waals surface area contributed by atoms with E-state index in [4.69, 9.17) is 33.7 Å². The summed E-state index contributed by atoms with van der Waals surface area (Å²) < 4.78 is 26.3. The Hall–Kier alpha value is -1.16. The first-order valence-electron chi connectivity index (χ1n) is 7.55. The third-order valence-electron chi connectivity index (χ3n) is 2.85. The summed E-state index contributed by atoms with van der Waals surface area (Å²) in [6.45, 7) is 4.13. The molecule has 0 atom stereocenters. The lowest BCUT2D eigenvalue weighted by atomic mass is 9.80. The van der Waals surface area contributed by atoms with Crippen molar-refractivity contribution < 1.29 is 33.7 Å². The van der Waals surface area contributed by atoms with Crippen molar-refractivity contribution in [1.29, 1.82) is 0 Å². The van der Waals surface area contributed by atoms with Gasteiger partial charge in [-0.15, -0.1) is 0 Å². The molecule has 0 amide bonds. The van der Waals surface area contributed by atoms with E-state index in [1.807, 2.05) is 0 Å². The minimum absolute atomic E-state index is 0.418. The fourth-order valence-electron chi connectivity index (χ4n) is 1.64. The Balaban J connectivity index is 1.89. The monoisotopic (exact) mass is 328 g/mol. The van der Waals surface area contributed by atoms with Crippen LogP contribution in [0.3, 0.4) is 0 Å². The summed E-state index contributed by atoms with van der Waals surface area (Å²) in [6.07, 6.45) is 0. The van der Waals surface area contributed by atoms with Crippen LogP contribution in [-0.2, 0) is 18.9 Å². The van der Waals surface area contributed by atoms with Crippen molar-refractivity contribution in [3.63, 3.8) is 0 Å². The lowest BCUT2D eigenvalue weighted by Crippen LogP contribution is -2.29. The van der Waals surface area contributed by atoms with Gasteiger partial charge in [-0.3, -0.25) is 0 Å². The van der Waals surface area contributed by atoms with Crippen LogP contribution in [-0.4, -0.2) is 77.1 Å². The molecule has 0 bridgehead atoms. The molecule has 0 aromatic heterocycles. The van der Waals surface area contributed by atoms with E-state index in [1.165, 1.54) is 0 Å². The number of hydrogen-bond acceptors (Lipinski definition) is 7. The molecule has 0 spiro atoms. The molecule has 1 aromatic rings. The molecular formula is C15H25BO7. The molecule has 0 radical (unpaired) electrons. The average Bonchev–Trinajstić information content (AvgIpc) is 2.56. The number of hydrogen-bond donors (Lipinski definition) is 2. The van der Waals surface area contributed by atoms with Gasteiger partial charge in [0, 0.05) is 7.11 Å². The van der Waals surface area contributed by atoms with Crippen molar-refractivity contribution in [3.05, 3.63) is 24.3 Å². The van der Waals surface area contributed by atoms with Crippen LogP contribution in [0.4, 0.5) is 0 Å². The summed E-state index contributed by atoms with van der Waals surface area (Å²) in [5.74, 6) is 0.655. The highest BCUT2D eigenvalue weighted by molar-refractivity contribution is 6.58. The molecule has 0 heterocycles. The minimum Gasteiger partial charge on any atom is -0.491 e. The Morgan fingerprint density at radius 1 is 0.739 bits per heavy atom. The van der Waals surface area contributed by atoms with Crippen molar-refractivity contribution >= 4 is 12.6 Å². The largest absolute Gasteiger partial charge is 0.491 e. The summed E-state index contributed by atoms with van der Waals surface area (Å²) >= 11 is 0. The minimum atomic E-state index is -1.46. The number of methoxy groups -OCH3 is 1. The second-order valence-electron chi connectivity index (χ2n) is 4.62. The topological polar surface area (TPSA) is 86.6 Å². The fourth-order valence-corrected chi connectivity index (χ4v) is 1.64. The zero-order chi connectivity index (χ0) is 16.8. The Bertz CT molecular complexity index is 386. The van der Waals surface area contributed by atoms with E-state index in [2.05, 4.69) is 0 Å². The van der Waals surface area contributed by atoms with Gasteiger partial charge in [0.1, 0.15) is 12.4 Å². The molecule has 130 valence electrons. The average molecular weight is 328 g/mol. The van der Waals surface area contributed by atoms with Gasteiger partial charge in [-0.2, -0.15) is 0 Å². The van der Waals surface area contributed by atoms with Gasteiger partial charge >= 0.3 is 7.12 Å². The molecule has 0 unspecified atom stereocenters. The summed E-state index contributed by atoms with van der Waals surface area (Å²) in [7, 11) is 0.174. The first kappa shape index (κ1) is 19.9. The number of rotatable bonds is 14. The van der Waals surface area contributed by atoms with Gasteiger partial charge in [0.25, 0.3) is 0 Å². The quantitative estimate of drug-likeness (QED) is 0.350. The Morgan fingerprint density at radius 2 is 1.22 bits per heavy atom.